The molecule has 0 saturated heterocycles. The van der Waals surface area contributed by atoms with Crippen molar-refractivity contribution in [2.75, 3.05) is 18.0 Å². The van der Waals surface area contributed by atoms with Gasteiger partial charge in [-0.3, -0.25) is 9.71 Å². The summed E-state index contributed by atoms with van der Waals surface area (Å²) in [6.07, 6.45) is 1.14. The Morgan fingerprint density at radius 3 is 2.54 bits per heavy atom. The van der Waals surface area contributed by atoms with Crippen molar-refractivity contribution in [3.63, 3.8) is 0 Å². The largest absolute Gasteiger partial charge is 0.352 e. The third-order valence-electron chi connectivity index (χ3n) is 3.55. The lowest BCUT2D eigenvalue weighted by Crippen LogP contribution is -2.36. The van der Waals surface area contributed by atoms with Gasteiger partial charge in [0.05, 0.1) is 24.2 Å². The molecule has 0 bridgehead atoms. The second-order valence-corrected chi connectivity index (χ2v) is 8.82. The fraction of sp³-hybridized carbons (Fsp3) is 0.412. The number of thiazole rings is 1. The summed E-state index contributed by atoms with van der Waals surface area (Å²) in [7, 11) is -1.63. The molecule has 0 saturated carbocycles. The van der Waals surface area contributed by atoms with Crippen LogP contribution in [-0.4, -0.2) is 32.7 Å². The lowest BCUT2D eigenvalue weighted by atomic mass is 10.2. The molecule has 0 unspecified atom stereocenters. The number of nitrogens with one attached hydrogen (secondary N) is 3. The van der Waals surface area contributed by atoms with E-state index in [4.69, 9.17) is 0 Å². The summed E-state index contributed by atoms with van der Waals surface area (Å²) >= 11 is 1.62. The molecule has 0 aliphatic carbocycles. The van der Waals surface area contributed by atoms with E-state index in [0.29, 0.717) is 30.7 Å². The van der Waals surface area contributed by atoms with Crippen molar-refractivity contribution in [1.82, 2.24) is 15.6 Å². The monoisotopic (exact) mass is 395 g/mol. The number of anilines is 1. The minimum Gasteiger partial charge on any atom is -0.352 e. The Hall–Kier alpha value is -2.13. The highest BCUT2D eigenvalue weighted by Gasteiger charge is 2.09. The Morgan fingerprint density at radius 1 is 1.23 bits per heavy atom. The maximum absolute atomic E-state index is 11.5. The summed E-state index contributed by atoms with van der Waals surface area (Å²) in [5, 5.41) is 9.49. The van der Waals surface area contributed by atoms with Crippen LogP contribution < -0.4 is 15.4 Å². The van der Waals surface area contributed by atoms with Crippen LogP contribution in [-0.2, 0) is 23.1 Å². The van der Waals surface area contributed by atoms with Gasteiger partial charge < -0.3 is 10.6 Å². The molecule has 1 aromatic heterocycles. The van der Waals surface area contributed by atoms with Gasteiger partial charge in [0.1, 0.15) is 5.01 Å². The average Bonchev–Trinajstić information content (AvgIpc) is 3.04. The first-order valence-electron chi connectivity index (χ1n) is 8.23. The van der Waals surface area contributed by atoms with E-state index in [2.05, 4.69) is 44.6 Å². The molecule has 0 fully saturated rings. The van der Waals surface area contributed by atoms with E-state index in [1.807, 2.05) is 12.1 Å². The number of aromatic nitrogens is 1. The molecule has 2 aromatic rings. The van der Waals surface area contributed by atoms with Gasteiger partial charge in [0.15, 0.2) is 5.96 Å². The molecule has 2 rings (SSSR count). The second-order valence-electron chi connectivity index (χ2n) is 6.13. The van der Waals surface area contributed by atoms with Crippen molar-refractivity contribution in [2.45, 2.75) is 32.9 Å². The number of hydrogen-bond acceptors (Lipinski definition) is 5. The van der Waals surface area contributed by atoms with E-state index >= 15 is 0 Å². The van der Waals surface area contributed by atoms with Gasteiger partial charge in [-0.1, -0.05) is 32.0 Å². The molecule has 0 aliphatic rings. The van der Waals surface area contributed by atoms with Crippen molar-refractivity contribution in [3.05, 3.63) is 45.9 Å². The highest BCUT2D eigenvalue weighted by atomic mass is 32.2. The van der Waals surface area contributed by atoms with Crippen LogP contribution >= 0.6 is 11.3 Å². The predicted molar refractivity (Wildman–Crippen MR) is 108 cm³/mol. The number of aliphatic imine (C=N–C) groups is 1. The van der Waals surface area contributed by atoms with Crippen molar-refractivity contribution < 1.29 is 8.42 Å². The zero-order valence-corrected chi connectivity index (χ0v) is 17.0. The summed E-state index contributed by atoms with van der Waals surface area (Å²) in [5.41, 5.74) is 2.48. The third-order valence-corrected chi connectivity index (χ3v) is 5.01. The van der Waals surface area contributed by atoms with Crippen LogP contribution in [0.15, 0.2) is 34.6 Å². The molecule has 3 N–H and O–H groups in total. The molecule has 9 heteroatoms. The minimum absolute atomic E-state index is 0.413. The van der Waals surface area contributed by atoms with Gasteiger partial charge in [-0.25, -0.2) is 13.4 Å². The molecular weight excluding hydrogens is 370 g/mol. The zero-order chi connectivity index (χ0) is 19.2. The molecule has 7 nitrogen and oxygen atoms in total. The predicted octanol–water partition coefficient (Wildman–Crippen LogP) is 2.50. The summed E-state index contributed by atoms with van der Waals surface area (Å²) in [5.74, 6) is 1.04. The Balaban J connectivity index is 1.95. The van der Waals surface area contributed by atoms with Crippen molar-refractivity contribution >= 4 is 33.0 Å². The Bertz CT molecular complexity index is 860. The van der Waals surface area contributed by atoms with Crippen LogP contribution in [0.4, 0.5) is 5.69 Å². The molecule has 1 heterocycles. The normalized spacial score (nSPS) is 12.3. The van der Waals surface area contributed by atoms with Gasteiger partial charge in [-0.05, 0) is 17.5 Å². The Labute approximate surface area is 159 Å². The third kappa shape index (κ3) is 6.30. The highest BCUT2D eigenvalue weighted by molar-refractivity contribution is 7.92. The first-order chi connectivity index (χ1) is 12.3. The van der Waals surface area contributed by atoms with Gasteiger partial charge in [-0.15, -0.1) is 11.3 Å². The molecule has 0 radical (unpaired) electrons. The smallest absolute Gasteiger partial charge is 0.229 e. The molecule has 0 spiro atoms. The topological polar surface area (TPSA) is 95.5 Å². The van der Waals surface area contributed by atoms with Crippen molar-refractivity contribution in [1.29, 1.82) is 0 Å². The van der Waals surface area contributed by atoms with Crippen LogP contribution in [0, 0.1) is 0 Å². The molecule has 0 aliphatic heterocycles. The number of sulfonamides is 1. The van der Waals surface area contributed by atoms with Gasteiger partial charge in [0.2, 0.25) is 10.0 Å². The first kappa shape index (κ1) is 20.2. The maximum Gasteiger partial charge on any atom is 0.229 e. The van der Waals surface area contributed by atoms with Crippen LogP contribution in [0.2, 0.25) is 0 Å². The van der Waals surface area contributed by atoms with E-state index in [1.165, 1.54) is 0 Å². The molecule has 0 atom stereocenters. The average molecular weight is 396 g/mol. The van der Waals surface area contributed by atoms with E-state index in [0.717, 1.165) is 22.5 Å². The van der Waals surface area contributed by atoms with Crippen LogP contribution in [0.25, 0.3) is 0 Å². The highest BCUT2D eigenvalue weighted by Crippen LogP contribution is 2.18. The van der Waals surface area contributed by atoms with Gasteiger partial charge in [-0.2, -0.15) is 0 Å². The lowest BCUT2D eigenvalue weighted by Gasteiger charge is -2.14. The molecular formula is C17H25N5O2S2. The Kier molecular flexibility index (Phi) is 6.98. The summed E-state index contributed by atoms with van der Waals surface area (Å²) in [4.78, 5) is 8.78. The van der Waals surface area contributed by atoms with E-state index in [1.54, 1.807) is 30.5 Å². The number of guanidine groups is 1. The van der Waals surface area contributed by atoms with E-state index < -0.39 is 10.0 Å². The minimum atomic E-state index is -3.33. The SMILES string of the molecule is CN=C(NCc1nc(C(C)C)cs1)NCc1ccccc1NS(C)(=O)=O. The fourth-order valence-corrected chi connectivity index (χ4v) is 3.70. The zero-order valence-electron chi connectivity index (χ0n) is 15.4. The first-order valence-corrected chi connectivity index (χ1v) is 11.0. The molecule has 0 amide bonds. The quantitative estimate of drug-likeness (QED) is 0.494. The molecule has 142 valence electrons. The van der Waals surface area contributed by atoms with Crippen LogP contribution in [0.1, 0.15) is 36.0 Å². The number of para-hydroxylation sites is 1. The van der Waals surface area contributed by atoms with E-state index in [-0.39, 0.29) is 0 Å². The summed E-state index contributed by atoms with van der Waals surface area (Å²) in [6, 6.07) is 7.25. The van der Waals surface area contributed by atoms with Crippen LogP contribution in [0.3, 0.4) is 0 Å². The number of nitrogens with zero attached hydrogens (tertiary/aromatic N) is 2. The fourth-order valence-electron chi connectivity index (χ4n) is 2.20. The molecule has 1 aromatic carbocycles. The van der Waals surface area contributed by atoms with Crippen molar-refractivity contribution in [3.8, 4) is 0 Å². The number of hydrogen-bond donors (Lipinski definition) is 3. The van der Waals surface area contributed by atoms with Crippen molar-refractivity contribution in [2.24, 2.45) is 4.99 Å². The molecule has 26 heavy (non-hydrogen) atoms. The van der Waals surface area contributed by atoms with Gasteiger partial charge >= 0.3 is 0 Å². The number of benzene rings is 1. The van der Waals surface area contributed by atoms with E-state index in [9.17, 15) is 8.42 Å². The standard InChI is InChI=1S/C17H25N5O2S2/c1-12(2)15-11-25-16(21-15)10-20-17(18-3)19-9-13-7-5-6-8-14(13)22-26(4,23)24/h5-8,11-12,22H,9-10H2,1-4H3,(H2,18,19,20). The van der Waals surface area contributed by atoms with Crippen LogP contribution in [0.5, 0.6) is 0 Å². The summed E-state index contributed by atoms with van der Waals surface area (Å²) in [6.45, 7) is 5.26. The number of rotatable bonds is 7. The lowest BCUT2D eigenvalue weighted by molar-refractivity contribution is 0.606. The van der Waals surface area contributed by atoms with Gasteiger partial charge in [0, 0.05) is 19.0 Å². The second kappa shape index (κ2) is 9.00. The summed E-state index contributed by atoms with van der Waals surface area (Å²) < 4.78 is 25.5. The van der Waals surface area contributed by atoms with Gasteiger partial charge in [0.25, 0.3) is 0 Å². The Morgan fingerprint density at radius 2 is 1.92 bits per heavy atom. The maximum atomic E-state index is 11.5.